The van der Waals surface area contributed by atoms with Gasteiger partial charge in [-0.1, -0.05) is 42.5 Å². The number of esters is 2. The van der Waals surface area contributed by atoms with Gasteiger partial charge in [0.1, 0.15) is 35.7 Å². The number of phenols is 1. The molecule has 4 aliphatic rings. The van der Waals surface area contributed by atoms with Crippen LogP contribution in [0.15, 0.2) is 66.3 Å². The van der Waals surface area contributed by atoms with Crippen LogP contribution in [0.2, 0.25) is 0 Å². The summed E-state index contributed by atoms with van der Waals surface area (Å²) in [4.78, 5) is 53.0. The molecule has 0 aromatic heterocycles. The Morgan fingerprint density at radius 1 is 0.982 bits per heavy atom. The quantitative estimate of drug-likeness (QED) is 0.153. The number of amides is 2. The van der Waals surface area contributed by atoms with Gasteiger partial charge in [0.15, 0.2) is 5.79 Å². The molecule has 2 saturated carbocycles. The number of nitrogens with one attached hydrogen (secondary N) is 2. The number of phenolic OH excluding ortho intramolecular Hbond substituents is 1. The Morgan fingerprint density at radius 2 is 1.66 bits per heavy atom. The van der Waals surface area contributed by atoms with Crippen molar-refractivity contribution in [3.05, 3.63) is 82.9 Å². The fourth-order valence-electron chi connectivity index (χ4n) is 7.33. The third-order valence-electron chi connectivity index (χ3n) is 10.5. The van der Waals surface area contributed by atoms with Crippen molar-refractivity contribution in [1.29, 1.82) is 0 Å². The van der Waals surface area contributed by atoms with E-state index in [1.807, 2.05) is 24.3 Å². The first-order chi connectivity index (χ1) is 26.7. The Labute approximate surface area is 327 Å². The first-order valence-corrected chi connectivity index (χ1v) is 19.6. The first-order valence-electron chi connectivity index (χ1n) is 19.6. The van der Waals surface area contributed by atoms with Gasteiger partial charge in [-0.3, -0.25) is 14.4 Å². The van der Waals surface area contributed by atoms with Gasteiger partial charge in [0.2, 0.25) is 11.8 Å². The molecule has 2 aromatic carbocycles. The number of ether oxygens (including phenoxy) is 4. The molecular weight excluding hydrogens is 720 g/mol. The summed E-state index contributed by atoms with van der Waals surface area (Å²) in [6, 6.07) is 11.8. The van der Waals surface area contributed by atoms with Crippen molar-refractivity contribution >= 4 is 29.8 Å². The number of aliphatic hydroxyl groups is 2. The van der Waals surface area contributed by atoms with Gasteiger partial charge < -0.3 is 44.9 Å². The van der Waals surface area contributed by atoms with Crippen LogP contribution in [-0.4, -0.2) is 93.6 Å². The smallest absolute Gasteiger partial charge is 0.338 e. The minimum absolute atomic E-state index is 0.0238. The predicted octanol–water partition coefficient (Wildman–Crippen LogP) is 4.27. The minimum atomic E-state index is -1.40. The molecule has 56 heavy (non-hydrogen) atoms. The monoisotopic (exact) mass is 774 g/mol. The highest BCUT2D eigenvalue weighted by Gasteiger charge is 2.64. The van der Waals surface area contributed by atoms with E-state index in [0.717, 1.165) is 36.8 Å². The van der Waals surface area contributed by atoms with E-state index in [-0.39, 0.29) is 42.4 Å². The van der Waals surface area contributed by atoms with Crippen molar-refractivity contribution in [3.8, 4) is 5.75 Å². The second kappa shape index (κ2) is 17.3. The van der Waals surface area contributed by atoms with Crippen molar-refractivity contribution in [2.75, 3.05) is 6.61 Å². The second-order valence-electron chi connectivity index (χ2n) is 16.3. The maximum absolute atomic E-state index is 13.9. The topological polar surface area (TPSA) is 190 Å². The van der Waals surface area contributed by atoms with Gasteiger partial charge in [0, 0.05) is 30.3 Å². The van der Waals surface area contributed by atoms with Gasteiger partial charge in [0.05, 0.1) is 24.3 Å². The molecule has 6 atom stereocenters. The van der Waals surface area contributed by atoms with Gasteiger partial charge in [-0.15, -0.1) is 0 Å². The molecule has 6 unspecified atom stereocenters. The number of allylic oxidation sites excluding steroid dienone is 1. The Bertz CT molecular complexity index is 1790. The summed E-state index contributed by atoms with van der Waals surface area (Å²) < 4.78 is 24.8. The molecule has 2 amide bonds. The van der Waals surface area contributed by atoms with E-state index < -0.39 is 78.2 Å². The zero-order valence-electron chi connectivity index (χ0n) is 32.4. The number of aliphatic hydroxyl groups excluding tert-OH is 2. The highest BCUT2D eigenvalue weighted by Crippen LogP contribution is 2.59. The van der Waals surface area contributed by atoms with Crippen LogP contribution >= 0.6 is 0 Å². The molecule has 1 heterocycles. The number of benzene rings is 2. The SMILES string of the molecule is CC(O)C(NC(=O)C1=CC2OC(C3CC3)(C3CC3)OC2C(OC(=O)c2ccc(C=CCc3ccccc3O)cc2)C1)C(=O)NC(CO)CCC(=O)OC(C)(C)C. The Kier molecular flexibility index (Phi) is 12.7. The van der Waals surface area contributed by atoms with Crippen LogP contribution in [0.1, 0.15) is 94.1 Å². The number of rotatable bonds is 16. The van der Waals surface area contributed by atoms with E-state index in [1.54, 1.807) is 63.2 Å². The predicted molar refractivity (Wildman–Crippen MR) is 205 cm³/mol. The minimum Gasteiger partial charge on any atom is -0.508 e. The van der Waals surface area contributed by atoms with Crippen molar-refractivity contribution < 1.29 is 53.4 Å². The van der Waals surface area contributed by atoms with Gasteiger partial charge >= 0.3 is 11.9 Å². The van der Waals surface area contributed by atoms with Crippen LogP contribution in [0.3, 0.4) is 0 Å². The van der Waals surface area contributed by atoms with Crippen LogP contribution in [0.25, 0.3) is 6.08 Å². The summed E-state index contributed by atoms with van der Waals surface area (Å²) in [5, 5.41) is 35.8. The summed E-state index contributed by atoms with van der Waals surface area (Å²) in [6.45, 7) is 6.10. The van der Waals surface area contributed by atoms with E-state index in [4.69, 9.17) is 18.9 Å². The molecule has 1 aliphatic heterocycles. The standard InChI is InChI=1S/C43H54N2O11/c1-25(47)37(40(51)44-32(24-46)20-21-36(49)55-42(2,3)4)45-39(50)29-22-34(38-35(23-29)54-43(56-38,30-16-17-30)31-18-19-31)53-41(52)28-14-12-26(13-15-28)8-7-10-27-9-5-6-11-33(27)48/h5-9,11-15,23,25,30-32,34-35,37-38,46-48H,10,16-22,24H2,1-4H3,(H,44,51)(H,45,50). The summed E-state index contributed by atoms with van der Waals surface area (Å²) >= 11 is 0. The highest BCUT2D eigenvalue weighted by molar-refractivity contribution is 5.97. The van der Waals surface area contributed by atoms with Crippen LogP contribution < -0.4 is 10.6 Å². The summed E-state index contributed by atoms with van der Waals surface area (Å²) in [6.07, 6.45) is 6.33. The zero-order chi connectivity index (χ0) is 40.2. The Morgan fingerprint density at radius 3 is 2.27 bits per heavy atom. The van der Waals surface area contributed by atoms with Crippen molar-refractivity contribution in [1.82, 2.24) is 10.6 Å². The maximum Gasteiger partial charge on any atom is 0.338 e. The van der Waals surface area contributed by atoms with Crippen LogP contribution in [0.5, 0.6) is 5.75 Å². The molecule has 2 aromatic rings. The second-order valence-corrected chi connectivity index (χ2v) is 16.3. The molecule has 0 bridgehead atoms. The summed E-state index contributed by atoms with van der Waals surface area (Å²) in [7, 11) is 0. The lowest BCUT2D eigenvalue weighted by Crippen LogP contribution is -2.55. The highest BCUT2D eigenvalue weighted by atomic mass is 16.8. The first kappa shape index (κ1) is 41.1. The van der Waals surface area contributed by atoms with Gasteiger partial charge in [-0.25, -0.2) is 4.79 Å². The number of hydrogen-bond acceptors (Lipinski definition) is 11. The van der Waals surface area contributed by atoms with E-state index in [1.165, 1.54) is 6.92 Å². The van der Waals surface area contributed by atoms with Crippen LogP contribution in [0, 0.1) is 11.8 Å². The third-order valence-corrected chi connectivity index (χ3v) is 10.5. The van der Waals surface area contributed by atoms with Crippen molar-refractivity contribution in [3.63, 3.8) is 0 Å². The molecule has 302 valence electrons. The lowest BCUT2D eigenvalue weighted by molar-refractivity contribution is -0.209. The molecule has 3 aliphatic carbocycles. The number of para-hydroxylation sites is 1. The molecule has 6 rings (SSSR count). The molecule has 3 fully saturated rings. The van der Waals surface area contributed by atoms with E-state index in [9.17, 15) is 34.5 Å². The summed E-state index contributed by atoms with van der Waals surface area (Å²) in [5.74, 6) is -2.63. The lowest BCUT2D eigenvalue weighted by Gasteiger charge is -2.31. The molecule has 5 N–H and O–H groups in total. The molecule has 13 heteroatoms. The van der Waals surface area contributed by atoms with E-state index >= 15 is 0 Å². The largest absolute Gasteiger partial charge is 0.508 e. The van der Waals surface area contributed by atoms with Gasteiger partial charge in [0.25, 0.3) is 0 Å². The fraction of sp³-hybridized carbons (Fsp3) is 0.535. The lowest BCUT2D eigenvalue weighted by atomic mass is 9.91. The molecule has 13 nitrogen and oxygen atoms in total. The molecule has 0 spiro atoms. The van der Waals surface area contributed by atoms with Crippen LogP contribution in [0.4, 0.5) is 0 Å². The number of carbonyl (C=O) groups excluding carboxylic acids is 4. The van der Waals surface area contributed by atoms with E-state index in [2.05, 4.69) is 10.6 Å². The average molecular weight is 775 g/mol. The summed E-state index contributed by atoms with van der Waals surface area (Å²) in [5.41, 5.74) is 1.49. The zero-order valence-corrected chi connectivity index (χ0v) is 32.4. The average Bonchev–Trinajstić information content (AvgIpc) is 4.10. The Hall–Kier alpha value is -4.56. The number of aromatic hydroxyl groups is 1. The molecule has 0 radical (unpaired) electrons. The van der Waals surface area contributed by atoms with Crippen molar-refractivity contribution in [2.24, 2.45) is 11.8 Å². The number of carbonyl (C=O) groups is 4. The molecule has 1 saturated heterocycles. The Balaban J connectivity index is 1.13. The van der Waals surface area contributed by atoms with Gasteiger partial charge in [-0.05, 0) is 102 Å². The van der Waals surface area contributed by atoms with E-state index in [0.29, 0.717) is 12.0 Å². The third kappa shape index (κ3) is 10.2. The molecular formula is C43H54N2O11. The van der Waals surface area contributed by atoms with Crippen molar-refractivity contribution in [2.45, 2.75) is 127 Å². The normalized spacial score (nSPS) is 23.3. The number of hydrogen-bond donors (Lipinski definition) is 5. The maximum atomic E-state index is 13.9. The fourth-order valence-corrected chi connectivity index (χ4v) is 7.33. The van der Waals surface area contributed by atoms with Crippen LogP contribution in [-0.2, 0) is 39.8 Å². The van der Waals surface area contributed by atoms with Gasteiger partial charge in [-0.2, -0.15) is 0 Å². The number of fused-ring (bicyclic) bond motifs is 1.